The predicted molar refractivity (Wildman–Crippen MR) is 98.8 cm³/mol. The van der Waals surface area contributed by atoms with Gasteiger partial charge in [-0.2, -0.15) is 5.10 Å². The van der Waals surface area contributed by atoms with Crippen molar-refractivity contribution in [3.05, 3.63) is 65.1 Å². The van der Waals surface area contributed by atoms with Gasteiger partial charge in [-0.15, -0.1) is 0 Å². The van der Waals surface area contributed by atoms with Gasteiger partial charge in [0.15, 0.2) is 12.4 Å². The zero-order valence-electron chi connectivity index (χ0n) is 14.9. The number of carbonyl (C=O) groups is 1. The Kier molecular flexibility index (Phi) is 5.02. The third kappa shape index (κ3) is 3.91. The first-order valence-corrected chi connectivity index (χ1v) is 8.25. The minimum atomic E-state index is -0.321. The second-order valence-electron chi connectivity index (χ2n) is 6.16. The number of nitrogens with one attached hydrogen (secondary N) is 2. The van der Waals surface area contributed by atoms with Gasteiger partial charge in [0, 0.05) is 11.3 Å². The lowest BCUT2D eigenvalue weighted by atomic mass is 10.1. The normalized spacial score (nSPS) is 10.6. The smallest absolute Gasteiger partial charge is 0.263 e. The van der Waals surface area contributed by atoms with Gasteiger partial charge in [-0.25, -0.2) is 4.39 Å². The Bertz CT molecular complexity index is 933. The van der Waals surface area contributed by atoms with Crippen LogP contribution >= 0.6 is 0 Å². The minimum absolute atomic E-state index is 0.128. The highest BCUT2D eigenvalue weighted by Crippen LogP contribution is 2.29. The average molecular weight is 353 g/mol. The molecule has 3 rings (SSSR count). The molecule has 2 N–H and O–H groups in total. The number of benzene rings is 2. The van der Waals surface area contributed by atoms with Gasteiger partial charge in [0.05, 0.1) is 0 Å². The largest absolute Gasteiger partial charge is 0.484 e. The summed E-state index contributed by atoms with van der Waals surface area (Å²) >= 11 is 0. The molecule has 0 aliphatic rings. The van der Waals surface area contributed by atoms with Gasteiger partial charge in [0.25, 0.3) is 5.91 Å². The van der Waals surface area contributed by atoms with Crippen molar-refractivity contribution in [2.45, 2.75) is 20.8 Å². The fourth-order valence-electron chi connectivity index (χ4n) is 2.61. The number of anilines is 1. The molecule has 0 spiro atoms. The number of carbonyl (C=O) groups excluding carboxylic acids is 1. The number of aryl methyl sites for hydroxylation is 3. The number of aromatic amines is 1. The first kappa shape index (κ1) is 17.7. The van der Waals surface area contributed by atoms with Crippen LogP contribution in [0.1, 0.15) is 16.8 Å². The maximum atomic E-state index is 13.1. The summed E-state index contributed by atoms with van der Waals surface area (Å²) in [6, 6.07) is 11.7. The van der Waals surface area contributed by atoms with Crippen molar-refractivity contribution in [3.8, 4) is 16.9 Å². The van der Waals surface area contributed by atoms with Crippen LogP contribution in [-0.4, -0.2) is 22.7 Å². The highest BCUT2D eigenvalue weighted by Gasteiger charge is 2.15. The number of hydrogen-bond acceptors (Lipinski definition) is 3. The molecule has 3 aromatic rings. The molecule has 0 atom stereocenters. The highest BCUT2D eigenvalue weighted by molar-refractivity contribution is 5.95. The molecule has 134 valence electrons. The number of halogens is 1. The standard InChI is InChI=1S/C20H20FN3O2/c1-12-4-9-17(10-13(12)2)26-11-18(25)22-20-19(14(3)23-24-20)15-5-7-16(21)8-6-15/h4-10H,11H2,1-3H3,(H2,22,23,24,25). The molecule has 5 nitrogen and oxygen atoms in total. The van der Waals surface area contributed by atoms with Gasteiger partial charge in [-0.1, -0.05) is 18.2 Å². The van der Waals surface area contributed by atoms with E-state index in [2.05, 4.69) is 15.5 Å². The molecule has 0 bridgehead atoms. The summed E-state index contributed by atoms with van der Waals surface area (Å²) in [7, 11) is 0. The molecule has 0 saturated heterocycles. The molecule has 0 fully saturated rings. The van der Waals surface area contributed by atoms with Crippen molar-refractivity contribution in [3.63, 3.8) is 0 Å². The van der Waals surface area contributed by atoms with E-state index in [-0.39, 0.29) is 18.3 Å². The number of rotatable bonds is 5. The van der Waals surface area contributed by atoms with E-state index in [0.717, 1.165) is 27.9 Å². The third-order valence-corrected chi connectivity index (χ3v) is 4.19. The van der Waals surface area contributed by atoms with Gasteiger partial charge in [0.1, 0.15) is 11.6 Å². The summed E-state index contributed by atoms with van der Waals surface area (Å²) in [4.78, 5) is 12.2. The van der Waals surface area contributed by atoms with E-state index in [1.54, 1.807) is 12.1 Å². The van der Waals surface area contributed by atoms with E-state index in [0.29, 0.717) is 11.6 Å². The Morgan fingerprint density at radius 1 is 1.12 bits per heavy atom. The number of ether oxygens (including phenoxy) is 1. The fraction of sp³-hybridized carbons (Fsp3) is 0.200. The van der Waals surface area contributed by atoms with Crippen LogP contribution in [0.3, 0.4) is 0 Å². The van der Waals surface area contributed by atoms with E-state index in [4.69, 9.17) is 4.74 Å². The quantitative estimate of drug-likeness (QED) is 0.724. The van der Waals surface area contributed by atoms with E-state index in [1.807, 2.05) is 39.0 Å². The van der Waals surface area contributed by atoms with Crippen LogP contribution in [-0.2, 0) is 4.79 Å². The topological polar surface area (TPSA) is 67.0 Å². The van der Waals surface area contributed by atoms with E-state index >= 15 is 0 Å². The zero-order valence-corrected chi connectivity index (χ0v) is 14.9. The molecule has 0 radical (unpaired) electrons. The Hall–Kier alpha value is -3.15. The molecule has 0 saturated carbocycles. The number of nitrogens with zero attached hydrogens (tertiary/aromatic N) is 1. The highest BCUT2D eigenvalue weighted by atomic mass is 19.1. The Morgan fingerprint density at radius 2 is 1.85 bits per heavy atom. The third-order valence-electron chi connectivity index (χ3n) is 4.19. The van der Waals surface area contributed by atoms with Crippen molar-refractivity contribution < 1.29 is 13.9 Å². The summed E-state index contributed by atoms with van der Waals surface area (Å²) in [6.45, 7) is 5.72. The fourth-order valence-corrected chi connectivity index (χ4v) is 2.61. The van der Waals surface area contributed by atoms with E-state index < -0.39 is 0 Å². The number of amides is 1. The lowest BCUT2D eigenvalue weighted by molar-refractivity contribution is -0.118. The molecule has 1 aromatic heterocycles. The lowest BCUT2D eigenvalue weighted by Gasteiger charge is -2.09. The predicted octanol–water partition coefficient (Wildman–Crippen LogP) is 4.16. The molecule has 1 amide bonds. The summed E-state index contributed by atoms with van der Waals surface area (Å²) in [6.07, 6.45) is 0. The molecule has 0 aliphatic carbocycles. The van der Waals surface area contributed by atoms with Gasteiger partial charge in [-0.05, 0) is 61.7 Å². The maximum Gasteiger partial charge on any atom is 0.263 e. The van der Waals surface area contributed by atoms with E-state index in [9.17, 15) is 9.18 Å². The lowest BCUT2D eigenvalue weighted by Crippen LogP contribution is -2.20. The zero-order chi connectivity index (χ0) is 18.7. The molecule has 2 aromatic carbocycles. The molecule has 0 aliphatic heterocycles. The summed E-state index contributed by atoms with van der Waals surface area (Å²) in [5.41, 5.74) is 4.54. The van der Waals surface area contributed by atoms with Crippen molar-refractivity contribution in [2.75, 3.05) is 11.9 Å². The first-order chi connectivity index (χ1) is 12.4. The minimum Gasteiger partial charge on any atom is -0.484 e. The van der Waals surface area contributed by atoms with Gasteiger partial charge < -0.3 is 10.1 Å². The van der Waals surface area contributed by atoms with Crippen LogP contribution < -0.4 is 10.1 Å². The average Bonchev–Trinajstić information content (AvgIpc) is 2.97. The van der Waals surface area contributed by atoms with Crippen LogP contribution in [0.5, 0.6) is 5.75 Å². The van der Waals surface area contributed by atoms with Crippen molar-refractivity contribution >= 4 is 11.7 Å². The number of H-pyrrole nitrogens is 1. The summed E-state index contributed by atoms with van der Waals surface area (Å²) in [5, 5.41) is 9.71. The van der Waals surface area contributed by atoms with Gasteiger partial charge in [0.2, 0.25) is 0 Å². The first-order valence-electron chi connectivity index (χ1n) is 8.25. The second-order valence-corrected chi connectivity index (χ2v) is 6.16. The van der Waals surface area contributed by atoms with Crippen LogP contribution in [0.4, 0.5) is 10.2 Å². The SMILES string of the molecule is Cc1ccc(OCC(=O)Nc2n[nH]c(C)c2-c2ccc(F)cc2)cc1C. The van der Waals surface area contributed by atoms with Gasteiger partial charge >= 0.3 is 0 Å². The molecule has 26 heavy (non-hydrogen) atoms. The Labute approximate surface area is 151 Å². The number of hydrogen-bond donors (Lipinski definition) is 2. The van der Waals surface area contributed by atoms with Crippen molar-refractivity contribution in [2.24, 2.45) is 0 Å². The second kappa shape index (κ2) is 7.39. The Balaban J connectivity index is 1.70. The van der Waals surface area contributed by atoms with Gasteiger partial charge in [-0.3, -0.25) is 9.89 Å². The maximum absolute atomic E-state index is 13.1. The summed E-state index contributed by atoms with van der Waals surface area (Å²) in [5.74, 6) is 0.392. The Morgan fingerprint density at radius 3 is 2.54 bits per heavy atom. The van der Waals surface area contributed by atoms with Crippen LogP contribution in [0.25, 0.3) is 11.1 Å². The number of aromatic nitrogens is 2. The molecule has 1 heterocycles. The monoisotopic (exact) mass is 353 g/mol. The van der Waals surface area contributed by atoms with Crippen LogP contribution in [0, 0.1) is 26.6 Å². The summed E-state index contributed by atoms with van der Waals surface area (Å²) < 4.78 is 18.7. The van der Waals surface area contributed by atoms with Crippen LogP contribution in [0.15, 0.2) is 42.5 Å². The molecule has 6 heteroatoms. The van der Waals surface area contributed by atoms with Crippen molar-refractivity contribution in [1.82, 2.24) is 10.2 Å². The molecule has 0 unspecified atom stereocenters. The molecular weight excluding hydrogens is 333 g/mol. The molecular formula is C20H20FN3O2. The van der Waals surface area contributed by atoms with Crippen LogP contribution in [0.2, 0.25) is 0 Å². The van der Waals surface area contributed by atoms with E-state index in [1.165, 1.54) is 12.1 Å². The van der Waals surface area contributed by atoms with Crippen molar-refractivity contribution in [1.29, 1.82) is 0 Å².